The molecule has 0 radical (unpaired) electrons. The molecule has 4 nitrogen and oxygen atoms in total. The normalized spacial score (nSPS) is 12.5. The van der Waals surface area contributed by atoms with Crippen molar-refractivity contribution in [3.05, 3.63) is 34.9 Å². The lowest BCUT2D eigenvalue weighted by atomic mass is 10.1. The summed E-state index contributed by atoms with van der Waals surface area (Å²) in [7, 11) is 1.90. The van der Waals surface area contributed by atoms with Crippen molar-refractivity contribution in [2.24, 2.45) is 5.73 Å². The average Bonchev–Trinajstić information content (AvgIpc) is 2.39. The van der Waals surface area contributed by atoms with Gasteiger partial charge in [-0.3, -0.25) is 9.69 Å². The number of rotatable bonds is 7. The van der Waals surface area contributed by atoms with Crippen molar-refractivity contribution in [3.8, 4) is 0 Å². The van der Waals surface area contributed by atoms with Gasteiger partial charge in [0.05, 0.1) is 6.54 Å². The SMILES string of the molecule is CCCNC(=O)CN(C)C(CN)c1ccc(Cl)cc1. The smallest absolute Gasteiger partial charge is 0.234 e. The van der Waals surface area contributed by atoms with Gasteiger partial charge in [0.25, 0.3) is 0 Å². The first kappa shape index (κ1) is 16.0. The Hall–Kier alpha value is -1.10. The summed E-state index contributed by atoms with van der Waals surface area (Å²) in [6, 6.07) is 7.58. The Labute approximate surface area is 119 Å². The lowest BCUT2D eigenvalue weighted by Gasteiger charge is -2.26. The highest BCUT2D eigenvalue weighted by Gasteiger charge is 2.17. The molecule has 0 saturated carbocycles. The van der Waals surface area contributed by atoms with Crippen LogP contribution in [0.25, 0.3) is 0 Å². The Bertz CT molecular complexity index is 394. The van der Waals surface area contributed by atoms with Crippen LogP contribution in [0.2, 0.25) is 5.02 Å². The number of nitrogens with zero attached hydrogens (tertiary/aromatic N) is 1. The maximum atomic E-state index is 11.7. The van der Waals surface area contributed by atoms with Gasteiger partial charge < -0.3 is 11.1 Å². The van der Waals surface area contributed by atoms with Crippen LogP contribution in [-0.4, -0.2) is 37.5 Å². The second kappa shape index (κ2) is 8.15. The predicted molar refractivity (Wildman–Crippen MR) is 79.2 cm³/mol. The lowest BCUT2D eigenvalue weighted by Crippen LogP contribution is -2.39. The number of benzene rings is 1. The zero-order chi connectivity index (χ0) is 14.3. The van der Waals surface area contributed by atoms with Gasteiger partial charge in [0.2, 0.25) is 5.91 Å². The molecule has 0 aliphatic rings. The molecule has 1 aromatic rings. The van der Waals surface area contributed by atoms with Crippen molar-refractivity contribution in [1.29, 1.82) is 0 Å². The zero-order valence-corrected chi connectivity index (χ0v) is 12.3. The average molecular weight is 284 g/mol. The van der Waals surface area contributed by atoms with Gasteiger partial charge >= 0.3 is 0 Å². The van der Waals surface area contributed by atoms with Crippen LogP contribution >= 0.6 is 11.6 Å². The van der Waals surface area contributed by atoms with E-state index in [0.717, 1.165) is 12.0 Å². The third-order valence-electron chi connectivity index (χ3n) is 2.98. The molecule has 106 valence electrons. The van der Waals surface area contributed by atoms with Crippen LogP contribution in [0.3, 0.4) is 0 Å². The Morgan fingerprint density at radius 1 is 1.42 bits per heavy atom. The summed E-state index contributed by atoms with van der Waals surface area (Å²) in [6.07, 6.45) is 0.937. The number of nitrogens with two attached hydrogens (primary N) is 1. The molecule has 0 aliphatic carbocycles. The van der Waals surface area contributed by atoms with E-state index in [1.807, 2.05) is 43.1 Å². The van der Waals surface area contributed by atoms with E-state index in [0.29, 0.717) is 24.7 Å². The maximum absolute atomic E-state index is 11.7. The summed E-state index contributed by atoms with van der Waals surface area (Å²) < 4.78 is 0. The van der Waals surface area contributed by atoms with E-state index in [-0.39, 0.29) is 11.9 Å². The minimum Gasteiger partial charge on any atom is -0.355 e. The zero-order valence-electron chi connectivity index (χ0n) is 11.5. The number of hydrogen-bond acceptors (Lipinski definition) is 3. The first-order valence-corrected chi connectivity index (χ1v) is 6.88. The molecular formula is C14H22ClN3O. The molecule has 1 aromatic carbocycles. The quantitative estimate of drug-likeness (QED) is 0.802. The monoisotopic (exact) mass is 283 g/mol. The number of hydrogen-bond donors (Lipinski definition) is 2. The number of likely N-dealkylation sites (N-methyl/N-ethyl adjacent to an activating group) is 1. The minimum atomic E-state index is 0.0182. The van der Waals surface area contributed by atoms with E-state index < -0.39 is 0 Å². The molecule has 1 atom stereocenters. The van der Waals surface area contributed by atoms with E-state index >= 15 is 0 Å². The maximum Gasteiger partial charge on any atom is 0.234 e. The van der Waals surface area contributed by atoms with E-state index in [2.05, 4.69) is 5.32 Å². The fraction of sp³-hybridized carbons (Fsp3) is 0.500. The van der Waals surface area contributed by atoms with Crippen molar-refractivity contribution >= 4 is 17.5 Å². The summed E-state index contributed by atoms with van der Waals surface area (Å²) in [4.78, 5) is 13.7. The molecule has 1 rings (SSSR count). The largest absolute Gasteiger partial charge is 0.355 e. The van der Waals surface area contributed by atoms with E-state index in [4.69, 9.17) is 17.3 Å². The van der Waals surface area contributed by atoms with Gasteiger partial charge in [-0.1, -0.05) is 30.7 Å². The molecule has 0 saturated heterocycles. The molecule has 0 spiro atoms. The molecule has 1 unspecified atom stereocenters. The lowest BCUT2D eigenvalue weighted by molar-refractivity contribution is -0.122. The van der Waals surface area contributed by atoms with E-state index in [9.17, 15) is 4.79 Å². The molecular weight excluding hydrogens is 262 g/mol. The van der Waals surface area contributed by atoms with Crippen LogP contribution in [0.15, 0.2) is 24.3 Å². The number of carbonyl (C=O) groups is 1. The van der Waals surface area contributed by atoms with Crippen molar-refractivity contribution < 1.29 is 4.79 Å². The summed E-state index contributed by atoms with van der Waals surface area (Å²) in [5, 5.41) is 3.56. The summed E-state index contributed by atoms with van der Waals surface area (Å²) in [5.74, 6) is 0.0248. The number of amides is 1. The van der Waals surface area contributed by atoms with E-state index in [1.165, 1.54) is 0 Å². The fourth-order valence-corrected chi connectivity index (χ4v) is 2.04. The van der Waals surface area contributed by atoms with Gasteiger partial charge in [-0.25, -0.2) is 0 Å². The molecule has 1 amide bonds. The topological polar surface area (TPSA) is 58.4 Å². The highest BCUT2D eigenvalue weighted by atomic mass is 35.5. The van der Waals surface area contributed by atoms with Crippen LogP contribution in [0.4, 0.5) is 0 Å². The molecule has 0 bridgehead atoms. The summed E-state index contributed by atoms with van der Waals surface area (Å²) in [6.45, 7) is 3.53. The van der Waals surface area contributed by atoms with Crippen LogP contribution in [0.5, 0.6) is 0 Å². The molecule has 3 N–H and O–H groups in total. The summed E-state index contributed by atoms with van der Waals surface area (Å²) in [5.41, 5.74) is 6.88. The number of carbonyl (C=O) groups excluding carboxylic acids is 1. The van der Waals surface area contributed by atoms with Gasteiger partial charge in [-0.2, -0.15) is 0 Å². The van der Waals surface area contributed by atoms with Crippen LogP contribution in [0, 0.1) is 0 Å². The number of halogens is 1. The van der Waals surface area contributed by atoms with Crippen molar-refractivity contribution in [3.63, 3.8) is 0 Å². The van der Waals surface area contributed by atoms with Crippen molar-refractivity contribution in [2.45, 2.75) is 19.4 Å². The second-order valence-corrected chi connectivity index (χ2v) is 5.00. The van der Waals surface area contributed by atoms with Crippen molar-refractivity contribution in [2.75, 3.05) is 26.7 Å². The van der Waals surface area contributed by atoms with Crippen LogP contribution < -0.4 is 11.1 Å². The molecule has 0 heterocycles. The molecule has 19 heavy (non-hydrogen) atoms. The third kappa shape index (κ3) is 5.19. The molecule has 0 fully saturated rings. The Balaban J connectivity index is 2.63. The third-order valence-corrected chi connectivity index (χ3v) is 3.23. The minimum absolute atomic E-state index is 0.0182. The second-order valence-electron chi connectivity index (χ2n) is 4.57. The van der Waals surface area contributed by atoms with E-state index in [1.54, 1.807) is 0 Å². The first-order chi connectivity index (χ1) is 9.08. The van der Waals surface area contributed by atoms with Crippen molar-refractivity contribution in [1.82, 2.24) is 10.2 Å². The van der Waals surface area contributed by atoms with Gasteiger partial charge in [0, 0.05) is 24.2 Å². The summed E-state index contributed by atoms with van der Waals surface area (Å²) >= 11 is 5.87. The highest BCUT2D eigenvalue weighted by molar-refractivity contribution is 6.30. The Morgan fingerprint density at radius 3 is 2.58 bits per heavy atom. The standard InChI is InChI=1S/C14H22ClN3O/c1-3-8-17-14(19)10-18(2)13(9-16)11-4-6-12(15)7-5-11/h4-7,13H,3,8-10,16H2,1-2H3,(H,17,19). The predicted octanol–water partition coefficient (Wildman–Crippen LogP) is 1.80. The van der Waals surface area contributed by atoms with Crippen LogP contribution in [0.1, 0.15) is 24.9 Å². The highest BCUT2D eigenvalue weighted by Crippen LogP contribution is 2.20. The molecule has 0 aromatic heterocycles. The Morgan fingerprint density at radius 2 is 2.05 bits per heavy atom. The van der Waals surface area contributed by atoms with Gasteiger partial charge in [0.1, 0.15) is 0 Å². The van der Waals surface area contributed by atoms with Gasteiger partial charge in [-0.15, -0.1) is 0 Å². The van der Waals surface area contributed by atoms with Gasteiger partial charge in [0.15, 0.2) is 0 Å². The van der Waals surface area contributed by atoms with Gasteiger partial charge in [-0.05, 0) is 31.2 Å². The fourth-order valence-electron chi connectivity index (χ4n) is 1.91. The molecule has 0 aliphatic heterocycles. The number of nitrogens with one attached hydrogen (secondary N) is 1. The van der Waals surface area contributed by atoms with Crippen LogP contribution in [-0.2, 0) is 4.79 Å². The first-order valence-electron chi connectivity index (χ1n) is 6.51. The molecule has 5 heteroatoms. The Kier molecular flexibility index (Phi) is 6.84.